The number of fused-ring (bicyclic) bond motifs is 1. The predicted molar refractivity (Wildman–Crippen MR) is 106 cm³/mol. The Morgan fingerprint density at radius 2 is 2.00 bits per heavy atom. The van der Waals surface area contributed by atoms with Crippen molar-refractivity contribution in [2.24, 2.45) is 0 Å². The lowest BCUT2D eigenvalue weighted by molar-refractivity contribution is -0.158. The van der Waals surface area contributed by atoms with Crippen LogP contribution in [-0.4, -0.2) is 76.9 Å². The molecule has 27 heavy (non-hydrogen) atoms. The number of rotatable bonds is 3. The molecule has 2 atom stereocenters. The Bertz CT molecular complexity index is 684. The van der Waals surface area contributed by atoms with Crippen LogP contribution >= 0.6 is 11.3 Å². The second-order valence-corrected chi connectivity index (χ2v) is 9.21. The highest BCUT2D eigenvalue weighted by Gasteiger charge is 2.50. The molecule has 1 aromatic heterocycles. The van der Waals surface area contributed by atoms with Crippen LogP contribution in [0.3, 0.4) is 0 Å². The summed E-state index contributed by atoms with van der Waals surface area (Å²) < 4.78 is 0. The third kappa shape index (κ3) is 3.57. The number of carbonyl (C=O) groups excluding carboxylic acids is 2. The van der Waals surface area contributed by atoms with E-state index in [-0.39, 0.29) is 23.9 Å². The summed E-state index contributed by atoms with van der Waals surface area (Å²) in [7, 11) is 0. The zero-order chi connectivity index (χ0) is 19.0. The molecule has 1 aromatic rings. The van der Waals surface area contributed by atoms with Gasteiger partial charge in [-0.1, -0.05) is 12.8 Å². The number of nitrogens with zero attached hydrogens (tertiary/aromatic N) is 4. The first-order valence-electron chi connectivity index (χ1n) is 9.97. The lowest BCUT2D eigenvalue weighted by Crippen LogP contribution is -2.72. The number of anilines is 1. The van der Waals surface area contributed by atoms with Crippen molar-refractivity contribution in [1.82, 2.24) is 20.1 Å². The minimum Gasteiger partial charge on any atom is -0.349 e. The smallest absolute Gasteiger partial charge is 0.245 e. The number of aromatic nitrogens is 1. The van der Waals surface area contributed by atoms with Crippen molar-refractivity contribution in [3.8, 4) is 0 Å². The van der Waals surface area contributed by atoms with Gasteiger partial charge in [0.15, 0.2) is 5.13 Å². The quantitative estimate of drug-likeness (QED) is 0.842. The van der Waals surface area contributed by atoms with E-state index in [9.17, 15) is 9.59 Å². The van der Waals surface area contributed by atoms with Crippen LogP contribution in [0, 0.1) is 0 Å². The number of nitrogens with one attached hydrogen (secondary N) is 1. The van der Waals surface area contributed by atoms with Gasteiger partial charge in [0.05, 0.1) is 12.6 Å². The molecule has 0 radical (unpaired) electrons. The van der Waals surface area contributed by atoms with Crippen molar-refractivity contribution < 1.29 is 9.59 Å². The molecule has 8 heteroatoms. The molecule has 148 valence electrons. The zero-order valence-electron chi connectivity index (χ0n) is 16.2. The molecule has 0 spiro atoms. The van der Waals surface area contributed by atoms with Crippen LogP contribution in [0.15, 0.2) is 11.6 Å². The van der Waals surface area contributed by atoms with Crippen molar-refractivity contribution >= 4 is 28.3 Å². The van der Waals surface area contributed by atoms with Crippen LogP contribution in [-0.2, 0) is 9.59 Å². The molecule has 7 nitrogen and oxygen atoms in total. The van der Waals surface area contributed by atoms with Crippen LogP contribution < -0.4 is 10.2 Å². The number of carbonyl (C=O) groups is 2. The van der Waals surface area contributed by atoms with Gasteiger partial charge in [-0.05, 0) is 26.7 Å². The van der Waals surface area contributed by atoms with Gasteiger partial charge in [0.2, 0.25) is 11.8 Å². The molecule has 0 unspecified atom stereocenters. The second kappa shape index (κ2) is 7.39. The van der Waals surface area contributed by atoms with Gasteiger partial charge >= 0.3 is 0 Å². The van der Waals surface area contributed by atoms with Crippen molar-refractivity contribution in [1.29, 1.82) is 0 Å². The number of thiazole rings is 1. The van der Waals surface area contributed by atoms with E-state index < -0.39 is 5.54 Å². The molecule has 0 bridgehead atoms. The molecule has 1 aliphatic carbocycles. The van der Waals surface area contributed by atoms with Gasteiger partial charge in [0.25, 0.3) is 0 Å². The Labute approximate surface area is 164 Å². The maximum Gasteiger partial charge on any atom is 0.245 e. The molecule has 1 N–H and O–H groups in total. The monoisotopic (exact) mass is 391 g/mol. The highest BCUT2D eigenvalue weighted by molar-refractivity contribution is 7.13. The average Bonchev–Trinajstić information content (AvgIpc) is 3.18. The molecule has 3 fully saturated rings. The molecule has 3 aliphatic rings. The van der Waals surface area contributed by atoms with Crippen molar-refractivity contribution in [2.45, 2.75) is 57.2 Å². The van der Waals surface area contributed by atoms with Crippen molar-refractivity contribution in [2.75, 3.05) is 37.6 Å². The third-order valence-electron chi connectivity index (χ3n) is 6.23. The summed E-state index contributed by atoms with van der Waals surface area (Å²) in [4.78, 5) is 36.7. The molecule has 2 amide bonds. The van der Waals surface area contributed by atoms with Gasteiger partial charge in [-0.2, -0.15) is 0 Å². The Balaban J connectivity index is 1.41. The topological polar surface area (TPSA) is 68.8 Å². The minimum atomic E-state index is -0.779. The standard InChI is InChI=1S/C19H29N5O2S/c1-19(2)17(26)21-14-5-3-4-6-15(14)24(19)16(25)13-22-8-10-23(11-9-22)18-20-7-12-27-18/h7,12,14-15H,3-6,8-11,13H2,1-2H3,(H,21,26)/t14-,15-/m0/s1. The molecule has 1 saturated carbocycles. The van der Waals surface area contributed by atoms with Crippen LogP contribution in [0.5, 0.6) is 0 Å². The van der Waals surface area contributed by atoms with E-state index >= 15 is 0 Å². The van der Waals surface area contributed by atoms with E-state index in [1.54, 1.807) is 11.3 Å². The Hall–Kier alpha value is -1.67. The number of hydrogen-bond acceptors (Lipinski definition) is 6. The number of hydrogen-bond donors (Lipinski definition) is 1. The van der Waals surface area contributed by atoms with Crippen LogP contribution in [0.1, 0.15) is 39.5 Å². The SMILES string of the molecule is CC1(C)C(=O)N[C@H]2CCCC[C@@H]2N1C(=O)CN1CCN(c2nccs2)CC1. The fraction of sp³-hybridized carbons (Fsp3) is 0.737. The van der Waals surface area contributed by atoms with E-state index in [4.69, 9.17) is 0 Å². The van der Waals surface area contributed by atoms with Crippen molar-refractivity contribution in [3.63, 3.8) is 0 Å². The first-order chi connectivity index (χ1) is 13.0. The van der Waals surface area contributed by atoms with E-state index in [0.29, 0.717) is 6.54 Å². The van der Waals surface area contributed by atoms with Gasteiger partial charge in [0.1, 0.15) is 5.54 Å². The van der Waals surface area contributed by atoms with Crippen LogP contribution in [0.4, 0.5) is 5.13 Å². The summed E-state index contributed by atoms with van der Waals surface area (Å²) in [6.07, 6.45) is 6.05. The van der Waals surface area contributed by atoms with E-state index in [1.807, 2.05) is 30.3 Å². The lowest BCUT2D eigenvalue weighted by atomic mass is 9.82. The average molecular weight is 392 g/mol. The Morgan fingerprint density at radius 1 is 1.26 bits per heavy atom. The van der Waals surface area contributed by atoms with Crippen LogP contribution in [0.25, 0.3) is 0 Å². The second-order valence-electron chi connectivity index (χ2n) is 8.33. The minimum absolute atomic E-state index is 0.0208. The van der Waals surface area contributed by atoms with E-state index in [2.05, 4.69) is 20.1 Å². The van der Waals surface area contributed by atoms with Gasteiger partial charge in [-0.3, -0.25) is 14.5 Å². The summed E-state index contributed by atoms with van der Waals surface area (Å²) in [5, 5.41) is 6.21. The van der Waals surface area contributed by atoms with Crippen molar-refractivity contribution in [3.05, 3.63) is 11.6 Å². The maximum absolute atomic E-state index is 13.3. The summed E-state index contributed by atoms with van der Waals surface area (Å²) in [6, 6.07) is 0.250. The zero-order valence-corrected chi connectivity index (χ0v) is 17.0. The van der Waals surface area contributed by atoms with Gasteiger partial charge in [-0.15, -0.1) is 11.3 Å². The Morgan fingerprint density at radius 3 is 2.70 bits per heavy atom. The fourth-order valence-corrected chi connectivity index (χ4v) is 5.39. The number of amides is 2. The number of piperazine rings is 2. The molecule has 0 aromatic carbocycles. The largest absolute Gasteiger partial charge is 0.349 e. The van der Waals surface area contributed by atoms with E-state index in [1.165, 1.54) is 0 Å². The highest BCUT2D eigenvalue weighted by atomic mass is 32.1. The summed E-state index contributed by atoms with van der Waals surface area (Å²) in [6.45, 7) is 7.62. The molecule has 2 saturated heterocycles. The summed E-state index contributed by atoms with van der Waals surface area (Å²) >= 11 is 1.66. The highest BCUT2D eigenvalue weighted by Crippen LogP contribution is 2.33. The predicted octanol–water partition coefficient (Wildman–Crippen LogP) is 1.31. The lowest BCUT2D eigenvalue weighted by Gasteiger charge is -2.52. The summed E-state index contributed by atoms with van der Waals surface area (Å²) in [5.74, 6) is 0.0713. The van der Waals surface area contributed by atoms with Crippen LogP contribution in [0.2, 0.25) is 0 Å². The van der Waals surface area contributed by atoms with Gasteiger partial charge in [-0.25, -0.2) is 4.98 Å². The summed E-state index contributed by atoms with van der Waals surface area (Å²) in [5.41, 5.74) is -0.779. The molecule has 3 heterocycles. The maximum atomic E-state index is 13.3. The third-order valence-corrected chi connectivity index (χ3v) is 7.06. The first kappa shape index (κ1) is 18.7. The first-order valence-corrected chi connectivity index (χ1v) is 10.8. The normalized spacial score (nSPS) is 28.6. The molecule has 4 rings (SSSR count). The molecular weight excluding hydrogens is 362 g/mol. The molecule has 2 aliphatic heterocycles. The molecular formula is C19H29N5O2S. The van der Waals surface area contributed by atoms with E-state index in [0.717, 1.165) is 57.0 Å². The van der Waals surface area contributed by atoms with Gasteiger partial charge in [0, 0.05) is 43.8 Å². The Kier molecular flexibility index (Phi) is 5.11. The van der Waals surface area contributed by atoms with Gasteiger partial charge < -0.3 is 15.1 Å². The fourth-order valence-electron chi connectivity index (χ4n) is 4.69.